The Morgan fingerprint density at radius 3 is 2.76 bits per heavy atom. The first-order valence-electron chi connectivity index (χ1n) is 12.4. The van der Waals surface area contributed by atoms with Gasteiger partial charge in [0.25, 0.3) is 5.91 Å². The fourth-order valence-corrected chi connectivity index (χ4v) is 6.03. The third kappa shape index (κ3) is 4.72. The van der Waals surface area contributed by atoms with Crippen LogP contribution in [0.3, 0.4) is 0 Å². The molecule has 8 nitrogen and oxygen atoms in total. The number of nitrogens with one attached hydrogen (secondary N) is 1. The standard InChI is InChI=1S/C28H25FN4O4S/c29-24-13-21(14-26-23(24)17-37-9-10-38(26,35)36)28(34)31-16-22-12-20-11-18(5-6-19(20)15-30-22)25-3-1-4-27(32-25)33-7-2-8-33/h1,3-6,11-15H,2,7-10,16-17H2,(H,31,34). The number of carbonyl (C=O) groups excluding carboxylic acids is 1. The van der Waals surface area contributed by atoms with Gasteiger partial charge in [-0.15, -0.1) is 0 Å². The number of rotatable bonds is 5. The van der Waals surface area contributed by atoms with Gasteiger partial charge in [0, 0.05) is 41.4 Å². The van der Waals surface area contributed by atoms with Crippen molar-refractivity contribution in [2.45, 2.75) is 24.5 Å². The minimum Gasteiger partial charge on any atom is -0.376 e. The number of ether oxygens (including phenoxy) is 1. The van der Waals surface area contributed by atoms with Crippen LogP contribution in [0.25, 0.3) is 22.0 Å². The molecular formula is C28H25FN4O4S. The Kier molecular flexibility index (Phi) is 6.29. The number of anilines is 1. The first kappa shape index (κ1) is 24.4. The van der Waals surface area contributed by atoms with Crippen molar-refractivity contribution in [3.8, 4) is 11.3 Å². The third-order valence-corrected chi connectivity index (χ3v) is 8.65. The van der Waals surface area contributed by atoms with Crippen LogP contribution >= 0.6 is 0 Å². The molecule has 0 spiro atoms. The van der Waals surface area contributed by atoms with E-state index in [0.29, 0.717) is 5.69 Å². The quantitative estimate of drug-likeness (QED) is 0.416. The van der Waals surface area contributed by atoms with E-state index in [1.54, 1.807) is 6.20 Å². The molecule has 1 N–H and O–H groups in total. The third-order valence-electron chi connectivity index (χ3n) is 6.91. The van der Waals surface area contributed by atoms with Crippen LogP contribution in [0.5, 0.6) is 0 Å². The maximum Gasteiger partial charge on any atom is 0.251 e. The summed E-state index contributed by atoms with van der Waals surface area (Å²) in [4.78, 5) is 24.1. The van der Waals surface area contributed by atoms with E-state index in [9.17, 15) is 17.6 Å². The van der Waals surface area contributed by atoms with E-state index in [0.717, 1.165) is 47.0 Å². The zero-order valence-electron chi connectivity index (χ0n) is 20.5. The Hall–Kier alpha value is -3.89. The lowest BCUT2D eigenvalue weighted by atomic mass is 10.0. The number of hydrogen-bond donors (Lipinski definition) is 1. The van der Waals surface area contributed by atoms with Crippen LogP contribution in [0.4, 0.5) is 10.2 Å². The highest BCUT2D eigenvalue weighted by Gasteiger charge is 2.27. The lowest BCUT2D eigenvalue weighted by Crippen LogP contribution is -2.37. The number of hydrogen-bond acceptors (Lipinski definition) is 7. The van der Waals surface area contributed by atoms with Gasteiger partial charge in [-0.3, -0.25) is 9.78 Å². The molecule has 38 heavy (non-hydrogen) atoms. The number of nitrogens with zero attached hydrogens (tertiary/aromatic N) is 3. The molecule has 194 valence electrons. The highest BCUT2D eigenvalue weighted by atomic mass is 32.2. The summed E-state index contributed by atoms with van der Waals surface area (Å²) in [6, 6.07) is 16.2. The summed E-state index contributed by atoms with van der Waals surface area (Å²) in [5.41, 5.74) is 2.36. The molecule has 1 fully saturated rings. The molecule has 10 heteroatoms. The van der Waals surface area contributed by atoms with Gasteiger partial charge < -0.3 is 15.0 Å². The molecule has 2 aliphatic rings. The Balaban J connectivity index is 1.22. The van der Waals surface area contributed by atoms with Crippen molar-refractivity contribution < 1.29 is 22.3 Å². The first-order valence-corrected chi connectivity index (χ1v) is 14.0. The second-order valence-electron chi connectivity index (χ2n) is 9.45. The summed E-state index contributed by atoms with van der Waals surface area (Å²) >= 11 is 0. The number of benzene rings is 2. The van der Waals surface area contributed by atoms with E-state index in [2.05, 4.69) is 15.2 Å². The summed E-state index contributed by atoms with van der Waals surface area (Å²) in [6.45, 7) is 1.97. The largest absolute Gasteiger partial charge is 0.376 e. The van der Waals surface area contributed by atoms with Crippen molar-refractivity contribution in [3.05, 3.63) is 83.4 Å². The maximum absolute atomic E-state index is 14.7. The summed E-state index contributed by atoms with van der Waals surface area (Å²) in [6.07, 6.45) is 2.92. The minimum absolute atomic E-state index is 0.0206. The Morgan fingerprint density at radius 2 is 1.95 bits per heavy atom. The summed E-state index contributed by atoms with van der Waals surface area (Å²) < 4.78 is 44.9. The molecule has 1 saturated heterocycles. The zero-order chi connectivity index (χ0) is 26.3. The highest BCUT2D eigenvalue weighted by Crippen LogP contribution is 2.28. The molecule has 6 rings (SSSR count). The first-order chi connectivity index (χ1) is 18.4. The second kappa shape index (κ2) is 9.77. The molecule has 0 atom stereocenters. The van der Waals surface area contributed by atoms with Crippen LogP contribution in [0.15, 0.2) is 65.7 Å². The molecule has 2 aromatic heterocycles. The average molecular weight is 533 g/mol. The van der Waals surface area contributed by atoms with Crippen LogP contribution in [-0.4, -0.2) is 49.7 Å². The average Bonchev–Trinajstić information content (AvgIpc) is 3.04. The molecule has 0 radical (unpaired) electrons. The van der Waals surface area contributed by atoms with Crippen LogP contribution in [-0.2, 0) is 27.7 Å². The smallest absolute Gasteiger partial charge is 0.251 e. The topological polar surface area (TPSA) is 101 Å². The normalized spacial score (nSPS) is 16.4. The summed E-state index contributed by atoms with van der Waals surface area (Å²) in [5, 5.41) is 4.62. The van der Waals surface area contributed by atoms with E-state index in [-0.39, 0.29) is 41.5 Å². The SMILES string of the molecule is O=C(NCc1cc2cc(-c3cccc(N4CCC4)n3)ccc2cn1)c1cc(F)c2c(c1)S(=O)(=O)CCOC2. The van der Waals surface area contributed by atoms with Crippen LogP contribution in [0.2, 0.25) is 0 Å². The Morgan fingerprint density at radius 1 is 1.08 bits per heavy atom. The van der Waals surface area contributed by atoms with Gasteiger partial charge in [-0.25, -0.2) is 17.8 Å². The van der Waals surface area contributed by atoms with Gasteiger partial charge >= 0.3 is 0 Å². The number of halogens is 1. The lowest BCUT2D eigenvalue weighted by molar-refractivity contribution is 0.0949. The van der Waals surface area contributed by atoms with Crippen molar-refractivity contribution in [2.75, 3.05) is 30.3 Å². The van der Waals surface area contributed by atoms with Gasteiger partial charge in [0.1, 0.15) is 11.6 Å². The van der Waals surface area contributed by atoms with Gasteiger partial charge in [-0.2, -0.15) is 0 Å². The second-order valence-corrected chi connectivity index (χ2v) is 11.5. The predicted molar refractivity (Wildman–Crippen MR) is 141 cm³/mol. The van der Waals surface area contributed by atoms with Crippen molar-refractivity contribution in [3.63, 3.8) is 0 Å². The van der Waals surface area contributed by atoms with Gasteiger partial charge in [-0.1, -0.05) is 18.2 Å². The van der Waals surface area contributed by atoms with Crippen molar-refractivity contribution in [1.29, 1.82) is 0 Å². The number of sulfone groups is 1. The fourth-order valence-electron chi connectivity index (χ4n) is 4.63. The van der Waals surface area contributed by atoms with Crippen molar-refractivity contribution in [2.24, 2.45) is 0 Å². The molecule has 4 aromatic rings. The molecule has 0 bridgehead atoms. The number of pyridine rings is 2. The van der Waals surface area contributed by atoms with Crippen molar-refractivity contribution in [1.82, 2.24) is 15.3 Å². The van der Waals surface area contributed by atoms with Crippen LogP contribution in [0.1, 0.15) is 28.0 Å². The zero-order valence-corrected chi connectivity index (χ0v) is 21.3. The van der Waals surface area contributed by atoms with Gasteiger partial charge in [-0.05, 0) is 48.2 Å². The molecule has 0 unspecified atom stereocenters. The van der Waals surface area contributed by atoms with E-state index in [1.807, 2.05) is 42.5 Å². The maximum atomic E-state index is 14.7. The van der Waals surface area contributed by atoms with E-state index >= 15 is 0 Å². The monoisotopic (exact) mass is 532 g/mol. The lowest BCUT2D eigenvalue weighted by Gasteiger charge is -2.32. The molecular weight excluding hydrogens is 507 g/mol. The summed E-state index contributed by atoms with van der Waals surface area (Å²) in [7, 11) is -3.75. The molecule has 1 amide bonds. The van der Waals surface area contributed by atoms with Gasteiger partial charge in [0.05, 0.1) is 41.8 Å². The Labute approximate surface area is 219 Å². The predicted octanol–water partition coefficient (Wildman–Crippen LogP) is 3.88. The molecule has 2 aromatic carbocycles. The van der Waals surface area contributed by atoms with E-state index < -0.39 is 21.6 Å². The highest BCUT2D eigenvalue weighted by molar-refractivity contribution is 7.91. The molecule has 0 saturated carbocycles. The van der Waals surface area contributed by atoms with Gasteiger partial charge in [0.2, 0.25) is 0 Å². The van der Waals surface area contributed by atoms with Crippen LogP contribution in [0, 0.1) is 5.82 Å². The number of carbonyl (C=O) groups is 1. The van der Waals surface area contributed by atoms with Gasteiger partial charge in [0.15, 0.2) is 9.84 Å². The minimum atomic E-state index is -3.75. The van der Waals surface area contributed by atoms with Crippen molar-refractivity contribution >= 4 is 32.3 Å². The Bertz CT molecular complexity index is 1670. The number of aromatic nitrogens is 2. The molecule has 4 heterocycles. The number of fused-ring (bicyclic) bond motifs is 2. The van der Waals surface area contributed by atoms with E-state index in [1.165, 1.54) is 12.5 Å². The van der Waals surface area contributed by atoms with Crippen LogP contribution < -0.4 is 10.2 Å². The molecule has 0 aliphatic carbocycles. The molecule has 2 aliphatic heterocycles. The van der Waals surface area contributed by atoms with E-state index in [4.69, 9.17) is 9.72 Å². The fraction of sp³-hybridized carbons (Fsp3) is 0.250. The number of amides is 1. The summed E-state index contributed by atoms with van der Waals surface area (Å²) in [5.74, 6) is -0.650.